The van der Waals surface area contributed by atoms with Gasteiger partial charge in [-0.25, -0.2) is 4.99 Å². The number of likely N-dealkylation sites (tertiary alicyclic amines) is 1. The molecule has 3 N–H and O–H groups in total. The Morgan fingerprint density at radius 3 is 2.62 bits per heavy atom. The number of rotatable bonds is 6. The molecular formula is C22H30N4. The van der Waals surface area contributed by atoms with Gasteiger partial charge >= 0.3 is 0 Å². The van der Waals surface area contributed by atoms with Gasteiger partial charge in [0.05, 0.1) is 6.54 Å². The second-order valence-corrected chi connectivity index (χ2v) is 7.29. The van der Waals surface area contributed by atoms with Gasteiger partial charge in [-0.1, -0.05) is 61.5 Å². The Labute approximate surface area is 157 Å². The molecule has 0 radical (unpaired) electrons. The molecule has 0 aromatic heterocycles. The Hall–Kier alpha value is -2.33. The molecule has 1 saturated heterocycles. The maximum absolute atomic E-state index is 6.05. The van der Waals surface area contributed by atoms with Gasteiger partial charge in [-0.2, -0.15) is 0 Å². The van der Waals surface area contributed by atoms with Crippen LogP contribution in [0.25, 0.3) is 0 Å². The molecule has 4 heteroatoms. The van der Waals surface area contributed by atoms with Crippen LogP contribution in [-0.4, -0.2) is 23.9 Å². The van der Waals surface area contributed by atoms with E-state index in [0.717, 1.165) is 18.0 Å². The summed E-state index contributed by atoms with van der Waals surface area (Å²) in [5.41, 5.74) is 9.89. The second kappa shape index (κ2) is 9.39. The third kappa shape index (κ3) is 5.60. The first-order chi connectivity index (χ1) is 12.7. The van der Waals surface area contributed by atoms with Crippen LogP contribution in [0.2, 0.25) is 0 Å². The molecule has 1 fully saturated rings. The lowest BCUT2D eigenvalue weighted by Gasteiger charge is -2.31. The van der Waals surface area contributed by atoms with Gasteiger partial charge < -0.3 is 11.1 Å². The minimum Gasteiger partial charge on any atom is -0.370 e. The van der Waals surface area contributed by atoms with E-state index < -0.39 is 0 Å². The number of aliphatic imine (C=N–C) groups is 1. The predicted molar refractivity (Wildman–Crippen MR) is 109 cm³/mol. The lowest BCUT2D eigenvalue weighted by Crippen LogP contribution is -2.35. The minimum absolute atomic E-state index is 0.496. The van der Waals surface area contributed by atoms with Crippen LogP contribution >= 0.6 is 0 Å². The number of nitrogens with two attached hydrogens (primary N) is 1. The van der Waals surface area contributed by atoms with Crippen molar-refractivity contribution >= 4 is 5.96 Å². The third-order valence-electron chi connectivity index (χ3n) is 4.99. The van der Waals surface area contributed by atoms with Crippen molar-refractivity contribution in [2.75, 3.05) is 13.1 Å². The molecule has 0 amide bonds. The number of nitrogens with one attached hydrogen (secondary N) is 1. The van der Waals surface area contributed by atoms with E-state index in [1.54, 1.807) is 0 Å². The molecule has 0 spiro atoms. The topological polar surface area (TPSA) is 53.6 Å². The number of benzene rings is 2. The number of hydrogen-bond acceptors (Lipinski definition) is 2. The zero-order valence-corrected chi connectivity index (χ0v) is 15.7. The molecule has 2 aromatic carbocycles. The van der Waals surface area contributed by atoms with Gasteiger partial charge in [0.1, 0.15) is 0 Å². The van der Waals surface area contributed by atoms with Crippen LogP contribution in [0.3, 0.4) is 0 Å². The van der Waals surface area contributed by atoms with Crippen molar-refractivity contribution in [1.82, 2.24) is 10.2 Å². The molecule has 26 heavy (non-hydrogen) atoms. The van der Waals surface area contributed by atoms with Gasteiger partial charge in [0.25, 0.3) is 0 Å². The normalized spacial score (nSPS) is 18.7. The average molecular weight is 351 g/mol. The van der Waals surface area contributed by atoms with Crippen LogP contribution in [0.5, 0.6) is 0 Å². The molecule has 0 bridgehead atoms. The summed E-state index contributed by atoms with van der Waals surface area (Å²) < 4.78 is 0. The highest BCUT2D eigenvalue weighted by Gasteiger charge is 2.17. The minimum atomic E-state index is 0.496. The van der Waals surface area contributed by atoms with Crippen molar-refractivity contribution in [2.45, 2.75) is 39.4 Å². The lowest BCUT2D eigenvalue weighted by molar-refractivity contribution is 0.176. The number of nitrogens with zero attached hydrogens (tertiary/aromatic N) is 2. The summed E-state index contributed by atoms with van der Waals surface area (Å²) in [5, 5.41) is 3.26. The van der Waals surface area contributed by atoms with Crippen molar-refractivity contribution in [3.63, 3.8) is 0 Å². The number of hydrogen-bond donors (Lipinski definition) is 2. The average Bonchev–Trinajstić information content (AvgIpc) is 2.66. The van der Waals surface area contributed by atoms with Gasteiger partial charge in [-0.15, -0.1) is 0 Å². The van der Waals surface area contributed by atoms with E-state index in [4.69, 9.17) is 5.73 Å². The zero-order valence-electron chi connectivity index (χ0n) is 15.7. The Morgan fingerprint density at radius 1 is 1.12 bits per heavy atom. The van der Waals surface area contributed by atoms with Crippen LogP contribution in [0.15, 0.2) is 59.6 Å². The molecular weight excluding hydrogens is 320 g/mol. The Balaban J connectivity index is 1.56. The van der Waals surface area contributed by atoms with Crippen molar-refractivity contribution in [3.05, 3.63) is 71.3 Å². The van der Waals surface area contributed by atoms with E-state index in [1.165, 1.54) is 37.1 Å². The largest absolute Gasteiger partial charge is 0.370 e. The molecule has 2 aromatic rings. The highest BCUT2D eigenvalue weighted by atomic mass is 15.1. The fraction of sp³-hybridized carbons (Fsp3) is 0.409. The van der Waals surface area contributed by atoms with Gasteiger partial charge in [-0.3, -0.25) is 4.90 Å². The van der Waals surface area contributed by atoms with Gasteiger partial charge in [0.2, 0.25) is 0 Å². The summed E-state index contributed by atoms with van der Waals surface area (Å²) >= 11 is 0. The molecule has 3 rings (SSSR count). The molecule has 1 atom stereocenters. The van der Waals surface area contributed by atoms with Crippen LogP contribution < -0.4 is 11.1 Å². The van der Waals surface area contributed by atoms with E-state index in [-0.39, 0.29) is 0 Å². The van der Waals surface area contributed by atoms with Crippen molar-refractivity contribution in [1.29, 1.82) is 0 Å². The molecule has 1 aliphatic heterocycles. The standard InChI is InChI=1S/C22H30N4/c1-18-8-7-13-26(16-18)17-21-12-6-5-11-20(21)15-25-22(23)24-14-19-9-3-2-4-10-19/h2-6,9-12,18H,7-8,13-17H2,1H3,(H3,23,24,25)/t18-/m1/s1. The SMILES string of the molecule is C[C@@H]1CCCN(Cc2ccccc2CNC(N)=NCc2ccccc2)C1. The van der Waals surface area contributed by atoms with Crippen LogP contribution in [-0.2, 0) is 19.6 Å². The van der Waals surface area contributed by atoms with E-state index in [0.29, 0.717) is 19.0 Å². The highest BCUT2D eigenvalue weighted by Crippen LogP contribution is 2.19. The predicted octanol–water partition coefficient (Wildman–Crippen LogP) is 3.52. The van der Waals surface area contributed by atoms with Crippen molar-refractivity contribution in [2.24, 2.45) is 16.6 Å². The van der Waals surface area contributed by atoms with E-state index in [2.05, 4.69) is 58.5 Å². The van der Waals surface area contributed by atoms with Gasteiger partial charge in [0.15, 0.2) is 5.96 Å². The van der Waals surface area contributed by atoms with E-state index in [9.17, 15) is 0 Å². The van der Waals surface area contributed by atoms with Crippen LogP contribution in [0.4, 0.5) is 0 Å². The van der Waals surface area contributed by atoms with Crippen molar-refractivity contribution in [3.8, 4) is 0 Å². The quantitative estimate of drug-likeness (QED) is 0.619. The summed E-state index contributed by atoms with van der Waals surface area (Å²) in [6.45, 7) is 7.08. The number of piperidine rings is 1. The maximum atomic E-state index is 6.05. The summed E-state index contributed by atoms with van der Waals surface area (Å²) in [4.78, 5) is 7.01. The first-order valence-corrected chi connectivity index (χ1v) is 9.57. The molecule has 0 saturated carbocycles. The summed E-state index contributed by atoms with van der Waals surface area (Å²) in [7, 11) is 0. The fourth-order valence-electron chi connectivity index (χ4n) is 3.56. The third-order valence-corrected chi connectivity index (χ3v) is 4.99. The smallest absolute Gasteiger partial charge is 0.189 e. The van der Waals surface area contributed by atoms with Crippen LogP contribution in [0.1, 0.15) is 36.5 Å². The molecule has 138 valence electrons. The summed E-state index contributed by atoms with van der Waals surface area (Å²) in [5.74, 6) is 1.30. The first-order valence-electron chi connectivity index (χ1n) is 9.57. The summed E-state index contributed by atoms with van der Waals surface area (Å²) in [6.07, 6.45) is 2.66. The molecule has 1 heterocycles. The van der Waals surface area contributed by atoms with Crippen LogP contribution in [0, 0.1) is 5.92 Å². The Bertz CT molecular complexity index is 711. The monoisotopic (exact) mass is 350 g/mol. The second-order valence-electron chi connectivity index (χ2n) is 7.29. The Kier molecular flexibility index (Phi) is 6.67. The van der Waals surface area contributed by atoms with Crippen molar-refractivity contribution < 1.29 is 0 Å². The maximum Gasteiger partial charge on any atom is 0.189 e. The van der Waals surface area contributed by atoms with Gasteiger partial charge in [-0.05, 0) is 42.0 Å². The number of guanidine groups is 1. The molecule has 0 aliphatic carbocycles. The molecule has 0 unspecified atom stereocenters. The summed E-state index contributed by atoms with van der Waals surface area (Å²) in [6, 6.07) is 18.8. The highest BCUT2D eigenvalue weighted by molar-refractivity contribution is 5.77. The van der Waals surface area contributed by atoms with Gasteiger partial charge in [0, 0.05) is 19.6 Å². The fourth-order valence-corrected chi connectivity index (χ4v) is 3.56. The molecule has 1 aliphatic rings. The first kappa shape index (κ1) is 18.5. The van der Waals surface area contributed by atoms with E-state index >= 15 is 0 Å². The zero-order chi connectivity index (χ0) is 18.2. The van der Waals surface area contributed by atoms with E-state index in [1.807, 2.05) is 18.2 Å². The Morgan fingerprint density at radius 2 is 1.85 bits per heavy atom. The molecule has 4 nitrogen and oxygen atoms in total. The lowest BCUT2D eigenvalue weighted by atomic mass is 9.99.